The Bertz CT molecular complexity index is 924. The van der Waals surface area contributed by atoms with E-state index in [1.165, 1.54) is 24.7 Å². The lowest BCUT2D eigenvalue weighted by atomic mass is 9.96. The van der Waals surface area contributed by atoms with Crippen molar-refractivity contribution in [2.24, 2.45) is 0 Å². The number of hydrogen-bond acceptors (Lipinski definition) is 3. The van der Waals surface area contributed by atoms with Gasteiger partial charge in [-0.25, -0.2) is 0 Å². The molecule has 1 N–H and O–H groups in total. The molecule has 0 aliphatic heterocycles. The summed E-state index contributed by atoms with van der Waals surface area (Å²) in [6.45, 7) is 2.51. The van der Waals surface area contributed by atoms with Gasteiger partial charge >= 0.3 is 0 Å². The maximum atomic E-state index is 13.6. The minimum atomic E-state index is -0.682. The quantitative estimate of drug-likeness (QED) is 0.541. The third kappa shape index (κ3) is 5.50. The summed E-state index contributed by atoms with van der Waals surface area (Å²) in [6, 6.07) is 10.8. The minimum Gasteiger partial charge on any atom is -0.459 e. The van der Waals surface area contributed by atoms with Crippen LogP contribution < -0.4 is 5.32 Å². The van der Waals surface area contributed by atoms with E-state index in [1.54, 1.807) is 17.0 Å². The zero-order valence-electron chi connectivity index (χ0n) is 19.0. The highest BCUT2D eigenvalue weighted by atomic mass is 16.3. The van der Waals surface area contributed by atoms with Crippen molar-refractivity contribution >= 4 is 11.8 Å². The number of nitrogens with one attached hydrogen (secondary N) is 1. The molecule has 2 amide bonds. The van der Waals surface area contributed by atoms with Crippen LogP contribution in [0.15, 0.2) is 58.7 Å². The molecular formula is C27H34N2O3. The second kappa shape index (κ2) is 10.7. The molecule has 1 atom stereocenters. The van der Waals surface area contributed by atoms with Crippen molar-refractivity contribution in [3.63, 3.8) is 0 Å². The summed E-state index contributed by atoms with van der Waals surface area (Å²) in [7, 11) is 0. The van der Waals surface area contributed by atoms with Crippen LogP contribution in [0.5, 0.6) is 0 Å². The number of amides is 2. The summed E-state index contributed by atoms with van der Waals surface area (Å²) >= 11 is 0. The highest BCUT2D eigenvalue weighted by Crippen LogP contribution is 2.28. The predicted octanol–water partition coefficient (Wildman–Crippen LogP) is 5.72. The first-order valence-corrected chi connectivity index (χ1v) is 12.0. The van der Waals surface area contributed by atoms with Crippen LogP contribution in [0.3, 0.4) is 0 Å². The summed E-state index contributed by atoms with van der Waals surface area (Å²) in [5.74, 6) is -0.0646. The number of aryl methyl sites for hydroxylation is 1. The number of nitrogens with zero attached hydrogens (tertiary/aromatic N) is 1. The Morgan fingerprint density at radius 2 is 1.88 bits per heavy atom. The Labute approximate surface area is 190 Å². The van der Waals surface area contributed by atoms with Crippen molar-refractivity contribution in [2.75, 3.05) is 6.54 Å². The molecule has 4 rings (SSSR count). The van der Waals surface area contributed by atoms with E-state index >= 15 is 0 Å². The Morgan fingerprint density at radius 3 is 2.53 bits per heavy atom. The molecule has 0 radical (unpaired) electrons. The van der Waals surface area contributed by atoms with Crippen molar-refractivity contribution in [1.82, 2.24) is 10.2 Å². The van der Waals surface area contributed by atoms with E-state index in [9.17, 15) is 9.59 Å². The van der Waals surface area contributed by atoms with Gasteiger partial charge in [-0.2, -0.15) is 0 Å². The van der Waals surface area contributed by atoms with E-state index in [0.29, 0.717) is 6.54 Å². The van der Waals surface area contributed by atoms with Gasteiger partial charge in [-0.1, -0.05) is 54.3 Å². The molecule has 1 aromatic heterocycles. The normalized spacial score (nSPS) is 17.6. The number of carbonyl (C=O) groups excluding carboxylic acids is 2. The molecule has 2 aliphatic rings. The molecule has 1 heterocycles. The Morgan fingerprint density at radius 1 is 1.09 bits per heavy atom. The lowest BCUT2D eigenvalue weighted by Crippen LogP contribution is -2.46. The summed E-state index contributed by atoms with van der Waals surface area (Å²) in [4.78, 5) is 28.8. The molecule has 2 aliphatic carbocycles. The second-order valence-corrected chi connectivity index (χ2v) is 9.14. The molecule has 5 heteroatoms. The maximum absolute atomic E-state index is 13.6. The first-order valence-electron chi connectivity index (χ1n) is 12.0. The first-order chi connectivity index (χ1) is 15.6. The van der Waals surface area contributed by atoms with Crippen LogP contribution >= 0.6 is 0 Å². The van der Waals surface area contributed by atoms with E-state index in [1.807, 2.05) is 31.2 Å². The number of hydrogen-bond donors (Lipinski definition) is 1. The Kier molecular flexibility index (Phi) is 7.46. The smallest absolute Gasteiger partial charge is 0.290 e. The molecule has 0 bridgehead atoms. The average Bonchev–Trinajstić information content (AvgIpc) is 3.52. The van der Waals surface area contributed by atoms with Crippen molar-refractivity contribution in [3.8, 4) is 0 Å². The molecule has 5 nitrogen and oxygen atoms in total. The molecule has 1 aromatic carbocycles. The van der Waals surface area contributed by atoms with Gasteiger partial charge in [0, 0.05) is 12.6 Å². The van der Waals surface area contributed by atoms with E-state index in [0.717, 1.165) is 56.1 Å². The molecule has 170 valence electrons. The Hall–Kier alpha value is -2.82. The number of carbonyl (C=O) groups is 2. The fourth-order valence-corrected chi connectivity index (χ4v) is 4.86. The van der Waals surface area contributed by atoms with Gasteiger partial charge in [-0.15, -0.1) is 0 Å². The second-order valence-electron chi connectivity index (χ2n) is 9.14. The van der Waals surface area contributed by atoms with Crippen LogP contribution in [-0.2, 0) is 4.79 Å². The van der Waals surface area contributed by atoms with Crippen molar-refractivity contribution < 1.29 is 14.0 Å². The predicted molar refractivity (Wildman–Crippen MR) is 125 cm³/mol. The Balaban J connectivity index is 1.64. The van der Waals surface area contributed by atoms with E-state index in [4.69, 9.17) is 4.42 Å². The van der Waals surface area contributed by atoms with Crippen LogP contribution in [0.4, 0.5) is 0 Å². The van der Waals surface area contributed by atoms with Gasteiger partial charge in [0.25, 0.3) is 5.91 Å². The highest BCUT2D eigenvalue weighted by Gasteiger charge is 2.34. The fourth-order valence-electron chi connectivity index (χ4n) is 4.86. The lowest BCUT2D eigenvalue weighted by molar-refractivity contribution is -0.126. The molecule has 32 heavy (non-hydrogen) atoms. The van der Waals surface area contributed by atoms with Gasteiger partial charge in [0.15, 0.2) is 5.76 Å². The highest BCUT2D eigenvalue weighted by molar-refractivity contribution is 5.96. The van der Waals surface area contributed by atoms with Crippen LogP contribution in [0.1, 0.15) is 85.5 Å². The molecule has 0 spiro atoms. The van der Waals surface area contributed by atoms with Gasteiger partial charge in [0.2, 0.25) is 5.91 Å². The average molecular weight is 435 g/mol. The minimum absolute atomic E-state index is 0.0988. The van der Waals surface area contributed by atoms with Crippen LogP contribution in [0.2, 0.25) is 0 Å². The van der Waals surface area contributed by atoms with Gasteiger partial charge in [0.1, 0.15) is 6.04 Å². The van der Waals surface area contributed by atoms with Gasteiger partial charge < -0.3 is 14.6 Å². The van der Waals surface area contributed by atoms with Gasteiger partial charge in [-0.3, -0.25) is 9.59 Å². The standard InChI is InChI=1S/C27H34N2O3/c1-20-13-15-22(16-14-20)25(26(30)28-23-10-5-6-11-23)29(27(31)24-12-7-19-32-24)18-17-21-8-3-2-4-9-21/h7-8,12-16,19,23,25H,2-6,9-11,17-18H2,1H3,(H,28,30)/t25-/m0/s1. The number of benzene rings is 1. The van der Waals surface area contributed by atoms with Crippen molar-refractivity contribution in [1.29, 1.82) is 0 Å². The topological polar surface area (TPSA) is 62.6 Å². The largest absolute Gasteiger partial charge is 0.459 e. The van der Waals surface area contributed by atoms with Gasteiger partial charge in [0.05, 0.1) is 6.26 Å². The fraction of sp³-hybridized carbons (Fsp3) is 0.481. The maximum Gasteiger partial charge on any atom is 0.290 e. The zero-order valence-corrected chi connectivity index (χ0v) is 19.0. The van der Waals surface area contributed by atoms with E-state index in [-0.39, 0.29) is 23.6 Å². The summed E-state index contributed by atoms with van der Waals surface area (Å²) in [6.07, 6.45) is 13.5. The van der Waals surface area contributed by atoms with E-state index < -0.39 is 6.04 Å². The first kappa shape index (κ1) is 22.4. The molecule has 0 unspecified atom stereocenters. The molecule has 1 saturated carbocycles. The number of rotatable bonds is 8. The van der Waals surface area contributed by atoms with Crippen LogP contribution in [0.25, 0.3) is 0 Å². The van der Waals surface area contributed by atoms with Crippen molar-refractivity contribution in [2.45, 2.75) is 76.8 Å². The van der Waals surface area contributed by atoms with Crippen LogP contribution in [-0.4, -0.2) is 29.3 Å². The summed E-state index contributed by atoms with van der Waals surface area (Å²) in [5.41, 5.74) is 3.34. The zero-order chi connectivity index (χ0) is 22.3. The summed E-state index contributed by atoms with van der Waals surface area (Å²) in [5, 5.41) is 3.23. The third-order valence-electron chi connectivity index (χ3n) is 6.71. The van der Waals surface area contributed by atoms with E-state index in [2.05, 4.69) is 11.4 Å². The molecule has 2 aromatic rings. The number of allylic oxidation sites excluding steroid dienone is 1. The third-order valence-corrected chi connectivity index (χ3v) is 6.71. The molecular weight excluding hydrogens is 400 g/mol. The van der Waals surface area contributed by atoms with Crippen LogP contribution in [0, 0.1) is 6.92 Å². The molecule has 1 fully saturated rings. The lowest BCUT2D eigenvalue weighted by Gasteiger charge is -2.32. The number of furan rings is 1. The van der Waals surface area contributed by atoms with Gasteiger partial charge in [-0.05, 0) is 69.6 Å². The SMILES string of the molecule is Cc1ccc([C@@H](C(=O)NC2CCCC2)N(CCC2=CCCCC2)C(=O)c2ccco2)cc1. The van der Waals surface area contributed by atoms with Crippen molar-refractivity contribution in [3.05, 3.63) is 71.2 Å². The summed E-state index contributed by atoms with van der Waals surface area (Å²) < 4.78 is 5.45. The molecule has 0 saturated heterocycles. The monoisotopic (exact) mass is 434 g/mol.